The van der Waals surface area contributed by atoms with Gasteiger partial charge in [0.15, 0.2) is 0 Å². The highest BCUT2D eigenvalue weighted by molar-refractivity contribution is 7.12. The SMILES string of the molecule is Cn1nccc1[C@@H]1CN(C(=O)c2cccs2)C[C@]12CCCN(Cc1ccncc1)C2=O. The maximum absolute atomic E-state index is 14.0. The molecule has 8 heteroatoms. The number of amides is 2. The minimum Gasteiger partial charge on any atom is -0.338 e. The Morgan fingerprint density at radius 2 is 2.06 bits per heavy atom. The van der Waals surface area contributed by atoms with Crippen molar-refractivity contribution in [2.45, 2.75) is 25.3 Å². The number of likely N-dealkylation sites (tertiary alicyclic amines) is 2. The van der Waals surface area contributed by atoms with Crippen LogP contribution in [0.15, 0.2) is 54.3 Å². The van der Waals surface area contributed by atoms with Gasteiger partial charge in [0.25, 0.3) is 5.91 Å². The number of pyridine rings is 1. The summed E-state index contributed by atoms with van der Waals surface area (Å²) in [5.74, 6) is 0.0815. The fourth-order valence-electron chi connectivity index (χ4n) is 5.16. The molecule has 0 aromatic carbocycles. The van der Waals surface area contributed by atoms with Gasteiger partial charge in [-0.15, -0.1) is 11.3 Å². The van der Waals surface area contributed by atoms with Crippen LogP contribution < -0.4 is 0 Å². The van der Waals surface area contributed by atoms with Crippen LogP contribution in [0.1, 0.15) is 39.7 Å². The molecule has 0 N–H and O–H groups in total. The van der Waals surface area contributed by atoms with Crippen molar-refractivity contribution in [1.82, 2.24) is 24.6 Å². The van der Waals surface area contributed by atoms with Gasteiger partial charge in [-0.3, -0.25) is 19.3 Å². The number of thiophene rings is 1. The minimum atomic E-state index is -0.619. The summed E-state index contributed by atoms with van der Waals surface area (Å²) in [6, 6.07) is 9.64. The standard InChI is InChI=1S/C23H25N5O2S/c1-26-19(7-11-25-26)18-15-28(21(29)20-4-2-13-31-20)16-23(18)8-3-12-27(22(23)30)14-17-5-9-24-10-6-17/h2,4-7,9-11,13,18H,3,8,12,14-16H2,1H3/t18-,23+/m0/s1. The molecule has 0 saturated carbocycles. The van der Waals surface area contributed by atoms with Crippen molar-refractivity contribution in [1.29, 1.82) is 0 Å². The van der Waals surface area contributed by atoms with Crippen molar-refractivity contribution in [2.24, 2.45) is 12.5 Å². The number of hydrogen-bond acceptors (Lipinski definition) is 5. The summed E-state index contributed by atoms with van der Waals surface area (Å²) in [5.41, 5.74) is 1.47. The molecule has 5 rings (SSSR count). The monoisotopic (exact) mass is 435 g/mol. The summed E-state index contributed by atoms with van der Waals surface area (Å²) in [7, 11) is 1.91. The van der Waals surface area contributed by atoms with Crippen molar-refractivity contribution in [3.63, 3.8) is 0 Å². The Bertz CT molecular complexity index is 1080. The second-order valence-corrected chi connectivity index (χ2v) is 9.38. The molecule has 2 amide bonds. The Morgan fingerprint density at radius 3 is 2.77 bits per heavy atom. The zero-order valence-corrected chi connectivity index (χ0v) is 18.3. The van der Waals surface area contributed by atoms with Crippen LogP contribution in [0.25, 0.3) is 0 Å². The van der Waals surface area contributed by atoms with Crippen LogP contribution in [0, 0.1) is 5.41 Å². The van der Waals surface area contributed by atoms with E-state index in [4.69, 9.17) is 0 Å². The molecule has 2 aliphatic heterocycles. The van der Waals surface area contributed by atoms with E-state index in [-0.39, 0.29) is 17.7 Å². The molecule has 7 nitrogen and oxygen atoms in total. The quantitative estimate of drug-likeness (QED) is 0.632. The summed E-state index contributed by atoms with van der Waals surface area (Å²) < 4.78 is 1.85. The zero-order valence-electron chi connectivity index (χ0n) is 17.5. The lowest BCUT2D eigenvalue weighted by atomic mass is 9.70. The van der Waals surface area contributed by atoms with Gasteiger partial charge in [0, 0.05) is 63.4 Å². The number of rotatable bonds is 4. The van der Waals surface area contributed by atoms with Crippen LogP contribution in [-0.2, 0) is 18.4 Å². The van der Waals surface area contributed by atoms with Crippen molar-refractivity contribution < 1.29 is 9.59 Å². The highest BCUT2D eigenvalue weighted by Crippen LogP contribution is 2.49. The summed E-state index contributed by atoms with van der Waals surface area (Å²) >= 11 is 1.45. The zero-order chi connectivity index (χ0) is 21.4. The first-order valence-electron chi connectivity index (χ1n) is 10.6. The van der Waals surface area contributed by atoms with E-state index in [0.29, 0.717) is 19.6 Å². The number of aromatic nitrogens is 3. The van der Waals surface area contributed by atoms with E-state index >= 15 is 0 Å². The van der Waals surface area contributed by atoms with E-state index in [1.165, 1.54) is 11.3 Å². The van der Waals surface area contributed by atoms with Crippen molar-refractivity contribution in [2.75, 3.05) is 19.6 Å². The van der Waals surface area contributed by atoms with E-state index in [9.17, 15) is 9.59 Å². The molecule has 0 unspecified atom stereocenters. The van der Waals surface area contributed by atoms with Crippen LogP contribution in [0.4, 0.5) is 0 Å². The molecule has 2 fully saturated rings. The van der Waals surface area contributed by atoms with E-state index in [0.717, 1.165) is 35.5 Å². The molecule has 5 heterocycles. The predicted molar refractivity (Wildman–Crippen MR) is 117 cm³/mol. The minimum absolute atomic E-state index is 0.0121. The second kappa shape index (κ2) is 7.92. The van der Waals surface area contributed by atoms with Gasteiger partial charge in [0.1, 0.15) is 0 Å². The number of piperidine rings is 1. The van der Waals surface area contributed by atoms with E-state index in [2.05, 4.69) is 10.1 Å². The Morgan fingerprint density at radius 1 is 1.23 bits per heavy atom. The topological polar surface area (TPSA) is 71.3 Å². The molecule has 0 radical (unpaired) electrons. The third kappa shape index (κ3) is 3.44. The van der Waals surface area contributed by atoms with Crippen LogP contribution in [0.2, 0.25) is 0 Å². The third-order valence-corrected chi connectivity index (χ3v) is 7.52. The van der Waals surface area contributed by atoms with Gasteiger partial charge in [-0.1, -0.05) is 6.07 Å². The second-order valence-electron chi connectivity index (χ2n) is 8.44. The Labute approximate surface area is 185 Å². The first-order chi connectivity index (χ1) is 15.1. The number of nitrogens with zero attached hydrogens (tertiary/aromatic N) is 5. The molecule has 0 aliphatic carbocycles. The van der Waals surface area contributed by atoms with E-state index in [1.807, 2.05) is 57.2 Å². The number of carbonyl (C=O) groups is 2. The smallest absolute Gasteiger partial charge is 0.263 e. The van der Waals surface area contributed by atoms with Gasteiger partial charge in [-0.25, -0.2) is 0 Å². The van der Waals surface area contributed by atoms with Crippen molar-refractivity contribution in [3.8, 4) is 0 Å². The average Bonchev–Trinajstić information content (AvgIpc) is 3.52. The van der Waals surface area contributed by atoms with Gasteiger partial charge in [-0.05, 0) is 48.1 Å². The molecule has 160 valence electrons. The normalized spacial score (nSPS) is 23.6. The summed E-state index contributed by atoms with van der Waals surface area (Å²) in [4.78, 5) is 35.8. The first kappa shape index (κ1) is 19.9. The number of aryl methyl sites for hydroxylation is 1. The number of carbonyl (C=O) groups excluding carboxylic acids is 2. The van der Waals surface area contributed by atoms with Crippen molar-refractivity contribution in [3.05, 3.63) is 70.4 Å². The summed E-state index contributed by atoms with van der Waals surface area (Å²) in [6.45, 7) is 2.29. The van der Waals surface area contributed by atoms with E-state index in [1.54, 1.807) is 18.6 Å². The largest absolute Gasteiger partial charge is 0.338 e. The lowest BCUT2D eigenvalue weighted by Crippen LogP contribution is -2.52. The molecule has 1 spiro atoms. The van der Waals surface area contributed by atoms with Gasteiger partial charge < -0.3 is 9.80 Å². The predicted octanol–water partition coefficient (Wildman–Crippen LogP) is 2.93. The maximum Gasteiger partial charge on any atom is 0.263 e. The molecule has 31 heavy (non-hydrogen) atoms. The number of hydrogen-bond donors (Lipinski definition) is 0. The first-order valence-corrected chi connectivity index (χ1v) is 11.5. The van der Waals surface area contributed by atoms with Crippen LogP contribution in [-0.4, -0.2) is 56.0 Å². The lowest BCUT2D eigenvalue weighted by Gasteiger charge is -2.42. The van der Waals surface area contributed by atoms with Gasteiger partial charge in [0.05, 0.1) is 10.3 Å². The van der Waals surface area contributed by atoms with Gasteiger partial charge in [0.2, 0.25) is 5.91 Å². The molecular formula is C23H25N5O2S. The van der Waals surface area contributed by atoms with Crippen LogP contribution in [0.5, 0.6) is 0 Å². The lowest BCUT2D eigenvalue weighted by molar-refractivity contribution is -0.147. The van der Waals surface area contributed by atoms with Crippen LogP contribution in [0.3, 0.4) is 0 Å². The Kier molecular flexibility index (Phi) is 5.09. The molecule has 2 atom stereocenters. The average molecular weight is 436 g/mol. The molecular weight excluding hydrogens is 410 g/mol. The molecule has 2 aliphatic rings. The van der Waals surface area contributed by atoms with Crippen LogP contribution >= 0.6 is 11.3 Å². The van der Waals surface area contributed by atoms with Crippen molar-refractivity contribution >= 4 is 23.2 Å². The fraction of sp³-hybridized carbons (Fsp3) is 0.391. The molecule has 0 bridgehead atoms. The summed E-state index contributed by atoms with van der Waals surface area (Å²) in [6.07, 6.45) is 6.99. The highest BCUT2D eigenvalue weighted by Gasteiger charge is 2.57. The van der Waals surface area contributed by atoms with Gasteiger partial charge >= 0.3 is 0 Å². The molecule has 3 aromatic rings. The summed E-state index contributed by atoms with van der Waals surface area (Å²) in [5, 5.41) is 6.27. The third-order valence-electron chi connectivity index (χ3n) is 6.66. The highest BCUT2D eigenvalue weighted by atomic mass is 32.1. The Hall–Kier alpha value is -3.00. The Balaban J connectivity index is 1.49. The van der Waals surface area contributed by atoms with Gasteiger partial charge in [-0.2, -0.15) is 5.10 Å². The molecule has 2 saturated heterocycles. The fourth-order valence-corrected chi connectivity index (χ4v) is 5.85. The molecule has 3 aromatic heterocycles. The maximum atomic E-state index is 14.0. The van der Waals surface area contributed by atoms with E-state index < -0.39 is 5.41 Å².